The van der Waals surface area contributed by atoms with Gasteiger partial charge in [0.25, 0.3) is 11.8 Å². The zero-order valence-corrected chi connectivity index (χ0v) is 15.4. The van der Waals surface area contributed by atoms with Gasteiger partial charge in [-0.3, -0.25) is 14.6 Å². The molecule has 0 radical (unpaired) electrons. The Morgan fingerprint density at radius 2 is 1.78 bits per heavy atom. The van der Waals surface area contributed by atoms with Crippen molar-refractivity contribution in [2.24, 2.45) is 0 Å². The molecule has 0 unspecified atom stereocenters. The topological polar surface area (TPSA) is 114 Å². The lowest BCUT2D eigenvalue weighted by molar-refractivity contribution is 0.0257. The van der Waals surface area contributed by atoms with Gasteiger partial charge in [0, 0.05) is 25.4 Å². The van der Waals surface area contributed by atoms with Crippen LogP contribution in [0.4, 0.5) is 0 Å². The molecule has 9 nitrogen and oxygen atoms in total. The lowest BCUT2D eigenvalue weighted by Gasteiger charge is -2.43. The van der Waals surface area contributed by atoms with Gasteiger partial charge in [0.2, 0.25) is 5.76 Å². The van der Waals surface area contributed by atoms with E-state index in [-0.39, 0.29) is 42.0 Å². The number of amides is 2. The van der Waals surface area contributed by atoms with E-state index in [0.29, 0.717) is 5.69 Å². The monoisotopic (exact) mass is 390 g/mol. The molecule has 0 bridgehead atoms. The second kappa shape index (κ2) is 6.45. The molecule has 2 atom stereocenters. The predicted molar refractivity (Wildman–Crippen MR) is 93.8 cm³/mol. The summed E-state index contributed by atoms with van der Waals surface area (Å²) in [6, 6.07) is 5.30. The van der Waals surface area contributed by atoms with Crippen molar-refractivity contribution in [3.63, 3.8) is 0 Å². The van der Waals surface area contributed by atoms with E-state index >= 15 is 0 Å². The van der Waals surface area contributed by atoms with Gasteiger partial charge in [-0.15, -0.1) is 0 Å². The average molecular weight is 390 g/mol. The smallest absolute Gasteiger partial charge is 0.292 e. The third kappa shape index (κ3) is 3.20. The molecule has 10 heteroatoms. The van der Waals surface area contributed by atoms with Crippen LogP contribution in [0, 0.1) is 6.92 Å². The van der Waals surface area contributed by atoms with E-state index in [4.69, 9.17) is 4.52 Å². The Morgan fingerprint density at radius 3 is 2.33 bits per heavy atom. The molecule has 2 aliphatic heterocycles. The quantitative estimate of drug-likeness (QED) is 0.717. The van der Waals surface area contributed by atoms with Gasteiger partial charge in [-0.05, 0) is 19.1 Å². The number of rotatable bonds is 2. The molecule has 4 heterocycles. The Kier molecular flexibility index (Phi) is 4.22. The molecule has 0 N–H and O–H groups in total. The maximum atomic E-state index is 12.8. The number of aryl methyl sites for hydroxylation is 1. The van der Waals surface area contributed by atoms with Crippen LogP contribution < -0.4 is 0 Å². The summed E-state index contributed by atoms with van der Waals surface area (Å²) in [5.74, 6) is -1.02. The fourth-order valence-electron chi connectivity index (χ4n) is 3.70. The average Bonchev–Trinajstić information content (AvgIpc) is 3.22. The molecule has 2 amide bonds. The van der Waals surface area contributed by atoms with E-state index in [2.05, 4.69) is 10.1 Å². The van der Waals surface area contributed by atoms with Crippen LogP contribution in [-0.4, -0.2) is 76.9 Å². The number of hydrogen-bond acceptors (Lipinski definition) is 7. The number of nitrogens with zero attached hydrogens (tertiary/aromatic N) is 4. The molecular formula is C17H18N4O5S. The molecule has 2 aromatic rings. The van der Waals surface area contributed by atoms with Crippen LogP contribution in [0.1, 0.15) is 26.7 Å². The minimum atomic E-state index is -3.38. The summed E-state index contributed by atoms with van der Waals surface area (Å²) in [5, 5.41) is 3.72. The fourth-order valence-corrected chi connectivity index (χ4v) is 5.68. The zero-order chi connectivity index (χ0) is 19.2. The van der Waals surface area contributed by atoms with E-state index < -0.39 is 27.8 Å². The van der Waals surface area contributed by atoms with Gasteiger partial charge in [-0.1, -0.05) is 11.2 Å². The molecule has 2 aromatic heterocycles. The Labute approximate surface area is 155 Å². The van der Waals surface area contributed by atoms with Crippen molar-refractivity contribution in [3.05, 3.63) is 47.6 Å². The summed E-state index contributed by atoms with van der Waals surface area (Å²) >= 11 is 0. The largest absolute Gasteiger partial charge is 0.351 e. The van der Waals surface area contributed by atoms with E-state index in [9.17, 15) is 18.0 Å². The van der Waals surface area contributed by atoms with E-state index in [1.165, 1.54) is 22.1 Å². The number of pyridine rings is 1. The summed E-state index contributed by atoms with van der Waals surface area (Å²) in [6.45, 7) is 2.14. The highest BCUT2D eigenvalue weighted by Gasteiger charge is 2.50. The maximum absolute atomic E-state index is 12.8. The van der Waals surface area contributed by atoms with Crippen molar-refractivity contribution >= 4 is 21.7 Å². The van der Waals surface area contributed by atoms with Crippen LogP contribution in [0.25, 0.3) is 0 Å². The number of aromatic nitrogens is 2. The molecule has 2 aliphatic rings. The molecule has 2 fully saturated rings. The molecule has 27 heavy (non-hydrogen) atoms. The number of hydrogen-bond donors (Lipinski definition) is 0. The van der Waals surface area contributed by atoms with Crippen LogP contribution in [-0.2, 0) is 9.84 Å². The third-order valence-electron chi connectivity index (χ3n) is 4.92. The third-order valence-corrected chi connectivity index (χ3v) is 6.62. The van der Waals surface area contributed by atoms with Gasteiger partial charge >= 0.3 is 0 Å². The number of carbonyl (C=O) groups excluding carboxylic acids is 2. The Bertz CT molecular complexity index is 988. The number of piperazine rings is 1. The minimum absolute atomic E-state index is 0.0695. The van der Waals surface area contributed by atoms with Crippen molar-refractivity contribution in [1.29, 1.82) is 0 Å². The SMILES string of the molecule is Cc1cc(C(=O)N2CCN(C(=O)c3ccccn3)[C@@H]3CS(=O)(=O)C[C@@H]32)on1. The summed E-state index contributed by atoms with van der Waals surface area (Å²) in [6.07, 6.45) is 1.52. The molecule has 4 rings (SSSR count). The van der Waals surface area contributed by atoms with Crippen LogP contribution in [0.3, 0.4) is 0 Å². The van der Waals surface area contributed by atoms with E-state index in [1.807, 2.05) is 0 Å². The van der Waals surface area contributed by atoms with Crippen molar-refractivity contribution in [1.82, 2.24) is 19.9 Å². The van der Waals surface area contributed by atoms with Crippen LogP contribution in [0.5, 0.6) is 0 Å². The molecular weight excluding hydrogens is 372 g/mol. The first kappa shape index (κ1) is 17.7. The Hall–Kier alpha value is -2.75. The lowest BCUT2D eigenvalue weighted by Crippen LogP contribution is -2.62. The maximum Gasteiger partial charge on any atom is 0.292 e. The summed E-state index contributed by atoms with van der Waals surface area (Å²) < 4.78 is 29.6. The molecule has 142 valence electrons. The summed E-state index contributed by atoms with van der Waals surface area (Å²) in [7, 11) is -3.38. The highest BCUT2D eigenvalue weighted by molar-refractivity contribution is 7.91. The second-order valence-corrected chi connectivity index (χ2v) is 8.91. The fraction of sp³-hybridized carbons (Fsp3) is 0.412. The highest BCUT2D eigenvalue weighted by atomic mass is 32.2. The Balaban J connectivity index is 1.63. The molecule has 2 saturated heterocycles. The van der Waals surface area contributed by atoms with Crippen LogP contribution in [0.2, 0.25) is 0 Å². The lowest BCUT2D eigenvalue weighted by atomic mass is 10.0. The number of carbonyl (C=O) groups is 2. The molecule has 0 spiro atoms. The van der Waals surface area contributed by atoms with Crippen molar-refractivity contribution < 1.29 is 22.5 Å². The van der Waals surface area contributed by atoms with E-state index in [1.54, 1.807) is 25.1 Å². The summed E-state index contributed by atoms with van der Waals surface area (Å²) in [5.41, 5.74) is 0.823. The normalized spacial score (nSPS) is 23.9. The van der Waals surface area contributed by atoms with Crippen LogP contribution >= 0.6 is 0 Å². The first-order chi connectivity index (χ1) is 12.9. The summed E-state index contributed by atoms with van der Waals surface area (Å²) in [4.78, 5) is 32.7. The van der Waals surface area contributed by atoms with Gasteiger partial charge in [0.05, 0.1) is 29.3 Å². The molecule has 0 aliphatic carbocycles. The second-order valence-electron chi connectivity index (χ2n) is 6.76. The minimum Gasteiger partial charge on any atom is -0.351 e. The van der Waals surface area contributed by atoms with Gasteiger partial charge in [-0.2, -0.15) is 0 Å². The molecule has 0 aromatic carbocycles. The standard InChI is InChI=1S/C17H18N4O5S/c1-11-8-15(26-19-11)17(23)21-7-6-20(13-9-27(24,25)10-14(13)21)16(22)12-4-2-3-5-18-12/h2-5,8,13-14H,6-7,9-10H2,1H3/t13-,14+/m1/s1. The number of sulfone groups is 1. The van der Waals surface area contributed by atoms with E-state index in [0.717, 1.165) is 0 Å². The van der Waals surface area contributed by atoms with Gasteiger partial charge in [0.1, 0.15) is 5.69 Å². The van der Waals surface area contributed by atoms with Gasteiger partial charge in [-0.25, -0.2) is 8.42 Å². The highest BCUT2D eigenvalue weighted by Crippen LogP contribution is 2.29. The van der Waals surface area contributed by atoms with Gasteiger partial charge in [0.15, 0.2) is 9.84 Å². The number of fused-ring (bicyclic) bond motifs is 1. The predicted octanol–water partition coefficient (Wildman–Crippen LogP) is 0.142. The first-order valence-corrected chi connectivity index (χ1v) is 10.3. The molecule has 0 saturated carbocycles. The first-order valence-electron chi connectivity index (χ1n) is 8.52. The zero-order valence-electron chi connectivity index (χ0n) is 14.6. The van der Waals surface area contributed by atoms with Crippen molar-refractivity contribution in [3.8, 4) is 0 Å². The van der Waals surface area contributed by atoms with Crippen molar-refractivity contribution in [2.45, 2.75) is 19.0 Å². The van der Waals surface area contributed by atoms with Crippen molar-refractivity contribution in [2.75, 3.05) is 24.6 Å². The van der Waals surface area contributed by atoms with Crippen LogP contribution in [0.15, 0.2) is 35.0 Å². The Morgan fingerprint density at radius 1 is 1.11 bits per heavy atom. The van der Waals surface area contributed by atoms with Gasteiger partial charge < -0.3 is 14.3 Å².